The van der Waals surface area contributed by atoms with Crippen molar-refractivity contribution >= 4 is 6.08 Å². The van der Waals surface area contributed by atoms with Crippen LogP contribution in [-0.4, -0.2) is 25.4 Å². The van der Waals surface area contributed by atoms with E-state index in [9.17, 15) is 0 Å². The van der Waals surface area contributed by atoms with Gasteiger partial charge in [0.25, 0.3) is 0 Å². The van der Waals surface area contributed by atoms with Gasteiger partial charge in [-0.3, -0.25) is 0 Å². The zero-order valence-corrected chi connectivity index (χ0v) is 9.23. The summed E-state index contributed by atoms with van der Waals surface area (Å²) in [4.78, 5) is 0. The minimum Gasteiger partial charge on any atom is -0.493 e. The summed E-state index contributed by atoms with van der Waals surface area (Å²) in [7, 11) is 3.20. The summed E-state index contributed by atoms with van der Waals surface area (Å²) >= 11 is 0. The molecule has 1 aromatic rings. The average molecular weight is 208 g/mol. The number of methoxy groups -OCH3 is 2. The molecule has 0 saturated heterocycles. The van der Waals surface area contributed by atoms with E-state index in [1.165, 1.54) is 0 Å². The summed E-state index contributed by atoms with van der Waals surface area (Å²) in [6.45, 7) is 1.71. The minimum absolute atomic E-state index is 0.446. The van der Waals surface area contributed by atoms with Gasteiger partial charge in [-0.15, -0.1) is 0 Å². The molecule has 0 amide bonds. The van der Waals surface area contributed by atoms with E-state index in [0.29, 0.717) is 11.5 Å². The maximum Gasteiger partial charge on any atom is 0.161 e. The molecule has 0 heterocycles. The summed E-state index contributed by atoms with van der Waals surface area (Å²) in [5, 5.41) is 9.10. The van der Waals surface area contributed by atoms with Crippen molar-refractivity contribution in [2.45, 2.75) is 13.0 Å². The van der Waals surface area contributed by atoms with E-state index in [2.05, 4.69) is 0 Å². The van der Waals surface area contributed by atoms with Crippen molar-refractivity contribution in [3.8, 4) is 11.5 Å². The van der Waals surface area contributed by atoms with E-state index < -0.39 is 6.10 Å². The van der Waals surface area contributed by atoms with Gasteiger partial charge in [-0.2, -0.15) is 0 Å². The first-order chi connectivity index (χ1) is 7.17. The Bertz CT molecular complexity index is 343. The predicted molar refractivity (Wildman–Crippen MR) is 60.3 cm³/mol. The van der Waals surface area contributed by atoms with Crippen molar-refractivity contribution in [3.63, 3.8) is 0 Å². The second-order valence-corrected chi connectivity index (χ2v) is 3.21. The summed E-state index contributed by atoms with van der Waals surface area (Å²) in [5.74, 6) is 1.39. The molecule has 0 spiro atoms. The molecule has 0 aliphatic heterocycles. The summed E-state index contributed by atoms with van der Waals surface area (Å²) < 4.78 is 10.3. The molecule has 0 aliphatic rings. The van der Waals surface area contributed by atoms with Gasteiger partial charge in [0.2, 0.25) is 0 Å². The topological polar surface area (TPSA) is 38.7 Å². The molecule has 0 bridgehead atoms. The maximum absolute atomic E-state index is 9.10. The van der Waals surface area contributed by atoms with Crippen molar-refractivity contribution in [2.24, 2.45) is 0 Å². The van der Waals surface area contributed by atoms with Crippen LogP contribution in [-0.2, 0) is 0 Å². The second kappa shape index (κ2) is 5.41. The molecule has 3 heteroatoms. The summed E-state index contributed by atoms with van der Waals surface area (Å²) in [6, 6.07) is 5.60. The van der Waals surface area contributed by atoms with E-state index in [-0.39, 0.29) is 0 Å². The van der Waals surface area contributed by atoms with E-state index >= 15 is 0 Å². The maximum atomic E-state index is 9.10. The molecule has 1 atom stereocenters. The lowest BCUT2D eigenvalue weighted by Crippen LogP contribution is -1.92. The van der Waals surface area contributed by atoms with Crippen LogP contribution in [0.15, 0.2) is 24.3 Å². The highest BCUT2D eigenvalue weighted by atomic mass is 16.5. The van der Waals surface area contributed by atoms with Crippen molar-refractivity contribution < 1.29 is 14.6 Å². The van der Waals surface area contributed by atoms with Crippen LogP contribution in [0.1, 0.15) is 12.5 Å². The normalized spacial score (nSPS) is 12.8. The smallest absolute Gasteiger partial charge is 0.161 e. The monoisotopic (exact) mass is 208 g/mol. The van der Waals surface area contributed by atoms with Gasteiger partial charge in [0, 0.05) is 0 Å². The first kappa shape index (κ1) is 11.6. The van der Waals surface area contributed by atoms with Gasteiger partial charge >= 0.3 is 0 Å². The lowest BCUT2D eigenvalue weighted by Gasteiger charge is -2.07. The molecule has 82 valence electrons. The number of aliphatic hydroxyl groups is 1. The van der Waals surface area contributed by atoms with Gasteiger partial charge in [0.05, 0.1) is 20.3 Å². The molecular weight excluding hydrogens is 192 g/mol. The van der Waals surface area contributed by atoms with Crippen molar-refractivity contribution in [2.75, 3.05) is 14.2 Å². The molecule has 0 aliphatic carbocycles. The van der Waals surface area contributed by atoms with Crippen LogP contribution >= 0.6 is 0 Å². The molecule has 1 rings (SSSR count). The lowest BCUT2D eigenvalue weighted by molar-refractivity contribution is 0.245. The number of rotatable bonds is 4. The van der Waals surface area contributed by atoms with Crippen LogP contribution in [0.25, 0.3) is 6.08 Å². The zero-order chi connectivity index (χ0) is 11.3. The van der Waals surface area contributed by atoms with Crippen LogP contribution in [0.3, 0.4) is 0 Å². The molecule has 3 nitrogen and oxygen atoms in total. The third-order valence-electron chi connectivity index (χ3n) is 1.97. The molecule has 1 N–H and O–H groups in total. The van der Waals surface area contributed by atoms with Gasteiger partial charge in [-0.05, 0) is 24.6 Å². The fourth-order valence-corrected chi connectivity index (χ4v) is 1.21. The molecule has 0 radical (unpaired) electrons. The molecular formula is C12H16O3. The van der Waals surface area contributed by atoms with Crippen LogP contribution in [0.5, 0.6) is 11.5 Å². The van der Waals surface area contributed by atoms with Crippen molar-refractivity contribution in [1.82, 2.24) is 0 Å². The van der Waals surface area contributed by atoms with Crippen LogP contribution in [0, 0.1) is 0 Å². The van der Waals surface area contributed by atoms with Gasteiger partial charge in [0.15, 0.2) is 11.5 Å². The van der Waals surface area contributed by atoms with Crippen molar-refractivity contribution in [1.29, 1.82) is 0 Å². The predicted octanol–water partition coefficient (Wildman–Crippen LogP) is 2.10. The Hall–Kier alpha value is -1.48. The Balaban J connectivity index is 2.93. The summed E-state index contributed by atoms with van der Waals surface area (Å²) in [6.07, 6.45) is 3.10. The van der Waals surface area contributed by atoms with Crippen LogP contribution in [0.4, 0.5) is 0 Å². The Morgan fingerprint density at radius 3 is 2.40 bits per heavy atom. The highest BCUT2D eigenvalue weighted by Gasteiger charge is 2.02. The third-order valence-corrected chi connectivity index (χ3v) is 1.97. The van der Waals surface area contributed by atoms with Gasteiger partial charge in [-0.1, -0.05) is 18.2 Å². The Morgan fingerprint density at radius 1 is 1.20 bits per heavy atom. The molecule has 15 heavy (non-hydrogen) atoms. The fourth-order valence-electron chi connectivity index (χ4n) is 1.21. The first-order valence-corrected chi connectivity index (χ1v) is 4.75. The minimum atomic E-state index is -0.446. The standard InChI is InChI=1S/C12H16O3/c1-9(13)4-5-10-6-7-11(14-2)12(8-10)15-3/h4-9,13H,1-3H3. The number of benzene rings is 1. The number of hydrogen-bond donors (Lipinski definition) is 1. The van der Waals surface area contributed by atoms with E-state index in [1.54, 1.807) is 27.2 Å². The second-order valence-electron chi connectivity index (χ2n) is 3.21. The van der Waals surface area contributed by atoms with Gasteiger partial charge < -0.3 is 14.6 Å². The quantitative estimate of drug-likeness (QED) is 0.823. The van der Waals surface area contributed by atoms with Gasteiger partial charge in [0.1, 0.15) is 0 Å². The average Bonchev–Trinajstić information content (AvgIpc) is 2.25. The van der Waals surface area contributed by atoms with E-state index in [0.717, 1.165) is 5.56 Å². The SMILES string of the molecule is COc1ccc(C=CC(C)O)cc1OC. The van der Waals surface area contributed by atoms with Crippen LogP contribution in [0.2, 0.25) is 0 Å². The number of aliphatic hydroxyl groups excluding tert-OH is 1. The van der Waals surface area contributed by atoms with Gasteiger partial charge in [-0.25, -0.2) is 0 Å². The Morgan fingerprint density at radius 2 is 1.87 bits per heavy atom. The zero-order valence-electron chi connectivity index (χ0n) is 9.23. The molecule has 1 unspecified atom stereocenters. The van der Waals surface area contributed by atoms with E-state index in [1.807, 2.05) is 24.3 Å². The molecule has 0 fully saturated rings. The summed E-state index contributed by atoms with van der Waals surface area (Å²) in [5.41, 5.74) is 0.966. The molecule has 0 saturated carbocycles. The fraction of sp³-hybridized carbons (Fsp3) is 0.333. The number of ether oxygens (including phenoxy) is 2. The highest BCUT2D eigenvalue weighted by Crippen LogP contribution is 2.27. The highest BCUT2D eigenvalue weighted by molar-refractivity contribution is 5.56. The number of hydrogen-bond acceptors (Lipinski definition) is 3. The molecule has 1 aromatic carbocycles. The van der Waals surface area contributed by atoms with E-state index in [4.69, 9.17) is 14.6 Å². The Kier molecular flexibility index (Phi) is 4.18. The van der Waals surface area contributed by atoms with Crippen LogP contribution < -0.4 is 9.47 Å². The lowest BCUT2D eigenvalue weighted by atomic mass is 10.1. The molecule has 0 aromatic heterocycles. The largest absolute Gasteiger partial charge is 0.493 e. The van der Waals surface area contributed by atoms with Crippen molar-refractivity contribution in [3.05, 3.63) is 29.8 Å². The Labute approximate surface area is 90.0 Å². The third kappa shape index (κ3) is 3.29. The first-order valence-electron chi connectivity index (χ1n) is 4.75.